The van der Waals surface area contributed by atoms with Gasteiger partial charge >= 0.3 is 0 Å². The standard InChI is InChI=1S/C28H30F2N4O2/c1-18-14-34(15-19(2)28(18,36)20-6-4-3-5-7-20)27(35)24-17-33(26-13-31-10-11-32-26)16-23(24)22-9-8-21(29)12-25(22)30/h3-13,18-19,23-24,36H,14-17H2,1-2H3/t18-,19+,23-,24+,28?/m0/s1. The molecule has 0 radical (unpaired) electrons. The highest BCUT2D eigenvalue weighted by molar-refractivity contribution is 5.82. The van der Waals surface area contributed by atoms with E-state index in [9.17, 15) is 18.7 Å². The summed E-state index contributed by atoms with van der Waals surface area (Å²) in [6.07, 6.45) is 4.77. The molecule has 0 saturated carbocycles. The van der Waals surface area contributed by atoms with E-state index in [2.05, 4.69) is 9.97 Å². The van der Waals surface area contributed by atoms with Gasteiger partial charge in [-0.1, -0.05) is 50.2 Å². The summed E-state index contributed by atoms with van der Waals surface area (Å²) < 4.78 is 28.5. The number of hydrogen-bond acceptors (Lipinski definition) is 5. The lowest BCUT2D eigenvalue weighted by Gasteiger charge is -2.48. The summed E-state index contributed by atoms with van der Waals surface area (Å²) in [5.41, 5.74) is 0.111. The van der Waals surface area contributed by atoms with Crippen molar-refractivity contribution in [3.05, 3.63) is 89.9 Å². The van der Waals surface area contributed by atoms with Gasteiger partial charge in [0.1, 0.15) is 17.5 Å². The van der Waals surface area contributed by atoms with Crippen LogP contribution in [0, 0.1) is 29.4 Å². The first-order valence-electron chi connectivity index (χ1n) is 12.3. The number of anilines is 1. The fraction of sp³-hybridized carbons (Fsp3) is 0.393. The molecular weight excluding hydrogens is 462 g/mol. The van der Waals surface area contributed by atoms with Crippen LogP contribution in [0.3, 0.4) is 0 Å². The number of hydrogen-bond donors (Lipinski definition) is 1. The number of rotatable bonds is 4. The van der Waals surface area contributed by atoms with Gasteiger partial charge < -0.3 is 14.9 Å². The van der Waals surface area contributed by atoms with Crippen LogP contribution in [-0.4, -0.2) is 52.1 Å². The van der Waals surface area contributed by atoms with Crippen molar-refractivity contribution < 1.29 is 18.7 Å². The number of carbonyl (C=O) groups is 1. The van der Waals surface area contributed by atoms with Gasteiger partial charge in [0.05, 0.1) is 17.7 Å². The smallest absolute Gasteiger partial charge is 0.228 e. The normalized spacial score (nSPS) is 28.4. The van der Waals surface area contributed by atoms with Crippen LogP contribution in [-0.2, 0) is 10.4 Å². The molecule has 2 aliphatic rings. The molecule has 1 amide bonds. The lowest BCUT2D eigenvalue weighted by Crippen LogP contribution is -2.57. The summed E-state index contributed by atoms with van der Waals surface area (Å²) in [4.78, 5) is 26.2. The van der Waals surface area contributed by atoms with E-state index in [0.29, 0.717) is 37.6 Å². The zero-order chi connectivity index (χ0) is 25.4. The van der Waals surface area contributed by atoms with Crippen LogP contribution < -0.4 is 4.90 Å². The summed E-state index contributed by atoms with van der Waals surface area (Å²) in [6, 6.07) is 13.1. The Balaban J connectivity index is 1.43. The average Bonchev–Trinajstić information content (AvgIpc) is 3.32. The molecule has 2 saturated heterocycles. The number of piperidine rings is 1. The maximum atomic E-state index is 14.9. The van der Waals surface area contributed by atoms with Gasteiger partial charge in [-0.15, -0.1) is 0 Å². The summed E-state index contributed by atoms with van der Waals surface area (Å²) >= 11 is 0. The van der Waals surface area contributed by atoms with E-state index in [-0.39, 0.29) is 17.7 Å². The minimum Gasteiger partial charge on any atom is -0.384 e. The summed E-state index contributed by atoms with van der Waals surface area (Å²) in [7, 11) is 0. The number of amides is 1. The number of nitrogens with zero attached hydrogens (tertiary/aromatic N) is 4. The van der Waals surface area contributed by atoms with Crippen molar-refractivity contribution in [3.63, 3.8) is 0 Å². The Morgan fingerprint density at radius 3 is 2.36 bits per heavy atom. The predicted molar refractivity (Wildman–Crippen MR) is 132 cm³/mol. The molecule has 6 nitrogen and oxygen atoms in total. The molecule has 2 fully saturated rings. The minimum atomic E-state index is -1.05. The second-order valence-electron chi connectivity index (χ2n) is 10.1. The van der Waals surface area contributed by atoms with Crippen molar-refractivity contribution in [1.29, 1.82) is 0 Å². The Morgan fingerprint density at radius 1 is 1.00 bits per heavy atom. The molecular formula is C28H30F2N4O2. The van der Waals surface area contributed by atoms with Gasteiger partial charge in [-0.25, -0.2) is 13.8 Å². The zero-order valence-corrected chi connectivity index (χ0v) is 20.4. The molecule has 2 aromatic carbocycles. The molecule has 3 aromatic rings. The molecule has 5 atom stereocenters. The van der Waals surface area contributed by atoms with Crippen LogP contribution in [0.25, 0.3) is 0 Å². The quantitative estimate of drug-likeness (QED) is 0.597. The molecule has 1 N–H and O–H groups in total. The first-order chi connectivity index (χ1) is 17.3. The number of aromatic nitrogens is 2. The van der Waals surface area contributed by atoms with Crippen LogP contribution in [0.15, 0.2) is 67.1 Å². The fourth-order valence-corrected chi connectivity index (χ4v) is 6.00. The molecule has 3 heterocycles. The summed E-state index contributed by atoms with van der Waals surface area (Å²) in [5, 5.41) is 11.7. The Bertz CT molecular complexity index is 1210. The van der Waals surface area contributed by atoms with Gasteiger partial charge in [0.15, 0.2) is 0 Å². The van der Waals surface area contributed by atoms with Crippen LogP contribution >= 0.6 is 0 Å². The van der Waals surface area contributed by atoms with Crippen molar-refractivity contribution in [2.75, 3.05) is 31.1 Å². The van der Waals surface area contributed by atoms with Gasteiger partial charge in [-0.2, -0.15) is 0 Å². The highest BCUT2D eigenvalue weighted by Gasteiger charge is 2.49. The van der Waals surface area contributed by atoms with Crippen LogP contribution in [0.1, 0.15) is 30.9 Å². The molecule has 188 valence electrons. The lowest BCUT2D eigenvalue weighted by atomic mass is 9.70. The fourth-order valence-electron chi connectivity index (χ4n) is 6.00. The van der Waals surface area contributed by atoms with Crippen molar-refractivity contribution in [1.82, 2.24) is 14.9 Å². The highest BCUT2D eigenvalue weighted by Crippen LogP contribution is 2.43. The monoisotopic (exact) mass is 492 g/mol. The Morgan fingerprint density at radius 2 is 1.72 bits per heavy atom. The van der Waals surface area contributed by atoms with Crippen LogP contribution in [0.4, 0.5) is 14.6 Å². The first-order valence-corrected chi connectivity index (χ1v) is 12.3. The van der Waals surface area contributed by atoms with Crippen LogP contribution in [0.2, 0.25) is 0 Å². The Hall–Kier alpha value is -3.39. The third kappa shape index (κ3) is 4.23. The van der Waals surface area contributed by atoms with E-state index in [1.54, 1.807) is 23.5 Å². The topological polar surface area (TPSA) is 69.6 Å². The van der Waals surface area contributed by atoms with Crippen molar-refractivity contribution in [2.45, 2.75) is 25.4 Å². The van der Waals surface area contributed by atoms with Crippen molar-refractivity contribution >= 4 is 11.7 Å². The predicted octanol–water partition coefficient (Wildman–Crippen LogP) is 3.98. The zero-order valence-electron chi connectivity index (χ0n) is 20.4. The van der Waals surface area contributed by atoms with Gasteiger partial charge in [0.2, 0.25) is 5.91 Å². The van der Waals surface area contributed by atoms with Crippen LogP contribution in [0.5, 0.6) is 0 Å². The number of likely N-dealkylation sites (tertiary alicyclic amines) is 1. The van der Waals surface area contributed by atoms with Gasteiger partial charge in [-0.05, 0) is 17.2 Å². The maximum Gasteiger partial charge on any atom is 0.228 e. The van der Waals surface area contributed by atoms with E-state index in [1.807, 2.05) is 49.1 Å². The molecule has 36 heavy (non-hydrogen) atoms. The maximum absolute atomic E-state index is 14.9. The second-order valence-corrected chi connectivity index (χ2v) is 10.1. The van der Waals surface area contributed by atoms with E-state index in [4.69, 9.17) is 0 Å². The van der Waals surface area contributed by atoms with E-state index in [1.165, 1.54) is 12.1 Å². The summed E-state index contributed by atoms with van der Waals surface area (Å²) in [6.45, 7) is 5.40. The number of carbonyl (C=O) groups excluding carboxylic acids is 1. The first kappa shape index (κ1) is 24.3. The third-order valence-corrected chi connectivity index (χ3v) is 7.91. The summed E-state index contributed by atoms with van der Waals surface area (Å²) in [5.74, 6) is -2.21. The molecule has 8 heteroatoms. The second kappa shape index (κ2) is 9.58. The number of halogens is 2. The van der Waals surface area contributed by atoms with Crippen molar-refractivity contribution in [2.24, 2.45) is 17.8 Å². The largest absolute Gasteiger partial charge is 0.384 e. The van der Waals surface area contributed by atoms with Gasteiger partial charge in [0, 0.05) is 62.4 Å². The molecule has 0 spiro atoms. The Labute approximate surface area is 209 Å². The molecule has 5 rings (SSSR count). The number of benzene rings is 2. The number of aliphatic hydroxyl groups is 1. The van der Waals surface area contributed by atoms with Gasteiger partial charge in [0.25, 0.3) is 0 Å². The van der Waals surface area contributed by atoms with Gasteiger partial charge in [-0.3, -0.25) is 9.78 Å². The molecule has 1 aromatic heterocycles. The van der Waals surface area contributed by atoms with E-state index >= 15 is 0 Å². The molecule has 0 bridgehead atoms. The highest BCUT2D eigenvalue weighted by atomic mass is 19.1. The van der Waals surface area contributed by atoms with E-state index in [0.717, 1.165) is 11.6 Å². The minimum absolute atomic E-state index is 0.0936. The lowest BCUT2D eigenvalue weighted by molar-refractivity contribution is -0.152. The average molecular weight is 493 g/mol. The SMILES string of the molecule is C[C@@H]1CN(C(=O)[C@@H]2CN(c3cnccn3)C[C@H]2c2ccc(F)cc2F)C[C@H](C)C1(O)c1ccccc1. The Kier molecular flexibility index (Phi) is 6.47. The van der Waals surface area contributed by atoms with Crippen molar-refractivity contribution in [3.8, 4) is 0 Å². The van der Waals surface area contributed by atoms with E-state index < -0.39 is 29.1 Å². The molecule has 1 unspecified atom stereocenters. The molecule has 0 aliphatic carbocycles. The molecule has 2 aliphatic heterocycles. The third-order valence-electron chi connectivity index (χ3n) is 7.91.